The van der Waals surface area contributed by atoms with Gasteiger partial charge in [0.25, 0.3) is 0 Å². The Balaban J connectivity index is 2.35. The fourth-order valence-electron chi connectivity index (χ4n) is 1.33. The molecular weight excluding hydrogens is 234 g/mol. The SMILES string of the molecule is COC(C)(C)CCNc1nnc(CC(C)C)s1. The fraction of sp³-hybridized carbons (Fsp3) is 0.833. The summed E-state index contributed by atoms with van der Waals surface area (Å²) >= 11 is 1.65. The highest BCUT2D eigenvalue weighted by molar-refractivity contribution is 7.15. The van der Waals surface area contributed by atoms with Gasteiger partial charge in [0.15, 0.2) is 0 Å². The van der Waals surface area contributed by atoms with E-state index in [1.54, 1.807) is 18.4 Å². The third-order valence-corrected chi connectivity index (χ3v) is 3.51. The summed E-state index contributed by atoms with van der Waals surface area (Å²) in [5, 5.41) is 13.6. The summed E-state index contributed by atoms with van der Waals surface area (Å²) < 4.78 is 5.36. The van der Waals surface area contributed by atoms with Gasteiger partial charge in [0.2, 0.25) is 5.13 Å². The Bertz CT molecular complexity index is 336. The van der Waals surface area contributed by atoms with E-state index in [-0.39, 0.29) is 5.60 Å². The number of ether oxygens (including phenoxy) is 1. The zero-order chi connectivity index (χ0) is 12.9. The van der Waals surface area contributed by atoms with Crippen LogP contribution in [-0.2, 0) is 11.2 Å². The largest absolute Gasteiger partial charge is 0.379 e. The summed E-state index contributed by atoms with van der Waals surface area (Å²) in [5.41, 5.74) is -0.0849. The van der Waals surface area contributed by atoms with E-state index in [2.05, 4.69) is 43.2 Å². The topological polar surface area (TPSA) is 47.0 Å². The third kappa shape index (κ3) is 5.46. The predicted octanol–water partition coefficient (Wildman–Crippen LogP) is 2.96. The Morgan fingerprint density at radius 2 is 2.06 bits per heavy atom. The lowest BCUT2D eigenvalue weighted by atomic mass is 10.1. The van der Waals surface area contributed by atoms with Crippen molar-refractivity contribution in [3.63, 3.8) is 0 Å². The molecule has 98 valence electrons. The number of nitrogens with one attached hydrogen (secondary N) is 1. The van der Waals surface area contributed by atoms with Crippen LogP contribution in [0.1, 0.15) is 39.1 Å². The number of hydrogen-bond donors (Lipinski definition) is 1. The van der Waals surface area contributed by atoms with Gasteiger partial charge in [-0.25, -0.2) is 0 Å². The standard InChI is InChI=1S/C12H23N3OS/c1-9(2)8-10-14-15-11(17-10)13-7-6-12(3,4)16-5/h9H,6-8H2,1-5H3,(H,13,15). The lowest BCUT2D eigenvalue weighted by Gasteiger charge is -2.22. The van der Waals surface area contributed by atoms with Crippen LogP contribution in [0.2, 0.25) is 0 Å². The van der Waals surface area contributed by atoms with Crippen molar-refractivity contribution in [2.24, 2.45) is 5.92 Å². The molecule has 0 aromatic carbocycles. The summed E-state index contributed by atoms with van der Waals surface area (Å²) in [5.74, 6) is 0.628. The van der Waals surface area contributed by atoms with Crippen LogP contribution in [0.25, 0.3) is 0 Å². The van der Waals surface area contributed by atoms with Crippen molar-refractivity contribution in [1.29, 1.82) is 0 Å². The molecule has 0 atom stereocenters. The molecule has 5 heteroatoms. The molecule has 0 aliphatic carbocycles. The van der Waals surface area contributed by atoms with E-state index in [0.717, 1.165) is 29.5 Å². The van der Waals surface area contributed by atoms with Crippen LogP contribution < -0.4 is 5.32 Å². The Hall–Kier alpha value is -0.680. The Kier molecular flexibility index (Phi) is 5.33. The second-order valence-electron chi connectivity index (χ2n) is 5.24. The number of aromatic nitrogens is 2. The molecule has 1 rings (SSSR count). The summed E-state index contributed by atoms with van der Waals surface area (Å²) in [4.78, 5) is 0. The normalized spacial score (nSPS) is 12.1. The fourth-order valence-corrected chi connectivity index (χ4v) is 2.31. The summed E-state index contributed by atoms with van der Waals surface area (Å²) in [6.07, 6.45) is 1.95. The quantitative estimate of drug-likeness (QED) is 0.816. The second-order valence-corrected chi connectivity index (χ2v) is 6.30. The van der Waals surface area contributed by atoms with Crippen LogP contribution in [0.4, 0.5) is 5.13 Å². The highest BCUT2D eigenvalue weighted by atomic mass is 32.1. The molecule has 1 heterocycles. The lowest BCUT2D eigenvalue weighted by Crippen LogP contribution is -2.25. The van der Waals surface area contributed by atoms with E-state index in [9.17, 15) is 0 Å². The maximum atomic E-state index is 5.36. The minimum Gasteiger partial charge on any atom is -0.379 e. The molecule has 0 spiro atoms. The molecule has 17 heavy (non-hydrogen) atoms. The van der Waals surface area contributed by atoms with Gasteiger partial charge in [0.1, 0.15) is 5.01 Å². The van der Waals surface area contributed by atoms with E-state index >= 15 is 0 Å². The van der Waals surface area contributed by atoms with Gasteiger partial charge < -0.3 is 10.1 Å². The number of rotatable bonds is 7. The molecule has 0 saturated carbocycles. The van der Waals surface area contributed by atoms with Crippen molar-refractivity contribution in [3.05, 3.63) is 5.01 Å². The first-order valence-electron chi connectivity index (χ1n) is 6.04. The Morgan fingerprint density at radius 3 is 2.65 bits per heavy atom. The van der Waals surface area contributed by atoms with Gasteiger partial charge in [-0.15, -0.1) is 10.2 Å². The van der Waals surface area contributed by atoms with Crippen LogP contribution in [0, 0.1) is 5.92 Å². The van der Waals surface area contributed by atoms with Crippen molar-refractivity contribution in [2.75, 3.05) is 19.0 Å². The zero-order valence-corrected chi connectivity index (χ0v) is 12.2. The van der Waals surface area contributed by atoms with Gasteiger partial charge in [0, 0.05) is 20.1 Å². The van der Waals surface area contributed by atoms with E-state index in [0.29, 0.717) is 5.92 Å². The van der Waals surface area contributed by atoms with E-state index in [1.807, 2.05) is 0 Å². The molecule has 0 fully saturated rings. The van der Waals surface area contributed by atoms with Crippen LogP contribution in [0.3, 0.4) is 0 Å². The van der Waals surface area contributed by atoms with Crippen molar-refractivity contribution >= 4 is 16.5 Å². The van der Waals surface area contributed by atoms with Crippen LogP contribution in [0.15, 0.2) is 0 Å². The molecule has 1 aromatic heterocycles. The highest BCUT2D eigenvalue weighted by Crippen LogP contribution is 2.19. The van der Waals surface area contributed by atoms with E-state index in [1.165, 1.54) is 0 Å². The maximum Gasteiger partial charge on any atom is 0.205 e. The molecule has 0 aliphatic rings. The van der Waals surface area contributed by atoms with Crippen LogP contribution in [0.5, 0.6) is 0 Å². The number of nitrogens with zero attached hydrogens (tertiary/aromatic N) is 2. The molecule has 1 aromatic rings. The first kappa shape index (κ1) is 14.4. The minimum atomic E-state index is -0.0849. The van der Waals surface area contributed by atoms with Crippen LogP contribution >= 0.6 is 11.3 Å². The maximum absolute atomic E-state index is 5.36. The van der Waals surface area contributed by atoms with Gasteiger partial charge in [-0.3, -0.25) is 0 Å². The molecule has 1 N–H and O–H groups in total. The molecule has 0 saturated heterocycles. The number of anilines is 1. The minimum absolute atomic E-state index is 0.0849. The van der Waals surface area contributed by atoms with Gasteiger partial charge in [-0.2, -0.15) is 0 Å². The first-order chi connectivity index (χ1) is 7.93. The zero-order valence-electron chi connectivity index (χ0n) is 11.4. The lowest BCUT2D eigenvalue weighted by molar-refractivity contribution is 0.0185. The van der Waals surface area contributed by atoms with Crippen molar-refractivity contribution < 1.29 is 4.74 Å². The average molecular weight is 257 g/mol. The molecule has 0 radical (unpaired) electrons. The van der Waals surface area contributed by atoms with Crippen molar-refractivity contribution in [3.8, 4) is 0 Å². The average Bonchev–Trinajstić information content (AvgIpc) is 2.64. The second kappa shape index (κ2) is 6.31. The van der Waals surface area contributed by atoms with Gasteiger partial charge in [0.05, 0.1) is 5.60 Å². The molecule has 0 aliphatic heterocycles. The molecular formula is C12H23N3OS. The van der Waals surface area contributed by atoms with E-state index in [4.69, 9.17) is 4.74 Å². The number of methoxy groups -OCH3 is 1. The van der Waals surface area contributed by atoms with Crippen molar-refractivity contribution in [2.45, 2.75) is 46.1 Å². The Labute approximate surface area is 108 Å². The third-order valence-electron chi connectivity index (χ3n) is 2.61. The molecule has 0 bridgehead atoms. The Morgan fingerprint density at radius 1 is 1.35 bits per heavy atom. The van der Waals surface area contributed by atoms with Crippen LogP contribution in [-0.4, -0.2) is 29.5 Å². The van der Waals surface area contributed by atoms with Gasteiger partial charge in [-0.05, 0) is 26.2 Å². The smallest absolute Gasteiger partial charge is 0.205 e. The highest BCUT2D eigenvalue weighted by Gasteiger charge is 2.15. The molecule has 0 amide bonds. The number of hydrogen-bond acceptors (Lipinski definition) is 5. The van der Waals surface area contributed by atoms with E-state index < -0.39 is 0 Å². The first-order valence-corrected chi connectivity index (χ1v) is 6.86. The summed E-state index contributed by atoms with van der Waals surface area (Å²) in [7, 11) is 1.74. The molecule has 4 nitrogen and oxygen atoms in total. The van der Waals surface area contributed by atoms with Gasteiger partial charge in [-0.1, -0.05) is 25.2 Å². The monoisotopic (exact) mass is 257 g/mol. The predicted molar refractivity (Wildman–Crippen MR) is 72.6 cm³/mol. The summed E-state index contributed by atoms with van der Waals surface area (Å²) in [6, 6.07) is 0. The molecule has 0 unspecified atom stereocenters. The van der Waals surface area contributed by atoms with Gasteiger partial charge >= 0.3 is 0 Å². The van der Waals surface area contributed by atoms with Crippen molar-refractivity contribution in [1.82, 2.24) is 10.2 Å². The summed E-state index contributed by atoms with van der Waals surface area (Å²) in [6.45, 7) is 9.40.